The number of rotatable bonds is 2. The molecule has 0 fully saturated rings. The van der Waals surface area contributed by atoms with Gasteiger partial charge in [0, 0.05) is 11.1 Å². The maximum Gasteiger partial charge on any atom is 1.00 e. The van der Waals surface area contributed by atoms with Crippen LogP contribution in [0.25, 0.3) is 0 Å². The molecule has 0 rings (SSSR count). The second-order valence-corrected chi connectivity index (χ2v) is 4.30. The zero-order chi connectivity index (χ0) is 10.4. The van der Waals surface area contributed by atoms with E-state index in [1.807, 2.05) is 27.7 Å². The largest absolute Gasteiger partial charge is 1.00 e. The van der Waals surface area contributed by atoms with Gasteiger partial charge < -0.3 is 18.4 Å². The van der Waals surface area contributed by atoms with Gasteiger partial charge in [-0.25, -0.2) is 0 Å². The predicted molar refractivity (Wildman–Crippen MR) is 56.8 cm³/mol. The minimum absolute atomic E-state index is 0. The molecule has 2 nitrogen and oxygen atoms in total. The third-order valence-corrected chi connectivity index (χ3v) is 2.01. The Balaban J connectivity index is -0.000000173. The zero-order valence-electron chi connectivity index (χ0n) is 10.3. The average molecular weight is 180 g/mol. The molecular formula is C10H25LiN2. The van der Waals surface area contributed by atoms with Crippen molar-refractivity contribution in [3.63, 3.8) is 0 Å². The zero-order valence-corrected chi connectivity index (χ0v) is 10.3. The second kappa shape index (κ2) is 7.88. The first-order valence-corrected chi connectivity index (χ1v) is 4.53. The smallest absolute Gasteiger partial charge is 0.343 e. The van der Waals surface area contributed by atoms with E-state index in [0.29, 0.717) is 0 Å². The summed E-state index contributed by atoms with van der Waals surface area (Å²) >= 11 is 0. The van der Waals surface area contributed by atoms with Crippen molar-refractivity contribution in [2.45, 2.75) is 58.5 Å². The Morgan fingerprint density at radius 1 is 1.00 bits per heavy atom. The van der Waals surface area contributed by atoms with E-state index in [1.54, 1.807) is 0 Å². The first-order chi connectivity index (χ1) is 5.16. The molecule has 0 heterocycles. The number of hydrogen-bond acceptors (Lipinski definition) is 2. The molecule has 13 heavy (non-hydrogen) atoms. The van der Waals surface area contributed by atoms with E-state index in [0.717, 1.165) is 6.42 Å². The van der Waals surface area contributed by atoms with E-state index < -0.39 is 0 Å². The van der Waals surface area contributed by atoms with Crippen LogP contribution in [0.2, 0.25) is 0 Å². The van der Waals surface area contributed by atoms with E-state index in [2.05, 4.69) is 13.8 Å². The van der Waals surface area contributed by atoms with Gasteiger partial charge in [-0.2, -0.15) is 6.42 Å². The van der Waals surface area contributed by atoms with Crippen LogP contribution in [0.4, 0.5) is 0 Å². The van der Waals surface area contributed by atoms with E-state index in [1.165, 1.54) is 6.42 Å². The van der Waals surface area contributed by atoms with Gasteiger partial charge in [0.15, 0.2) is 0 Å². The summed E-state index contributed by atoms with van der Waals surface area (Å²) in [5.74, 6) is 0. The monoisotopic (exact) mass is 180 g/mol. The first kappa shape index (κ1) is 19.1. The fraction of sp³-hybridized carbons (Fsp3) is 0.900. The van der Waals surface area contributed by atoms with Crippen LogP contribution in [0.15, 0.2) is 0 Å². The Bertz CT molecular complexity index is 86.5. The Morgan fingerprint density at radius 3 is 1.15 bits per heavy atom. The summed E-state index contributed by atoms with van der Waals surface area (Å²) in [5, 5.41) is 0. The van der Waals surface area contributed by atoms with E-state index in [4.69, 9.17) is 11.5 Å². The number of hydrogen-bond donors (Lipinski definition) is 2. The minimum Gasteiger partial charge on any atom is -0.343 e. The third-order valence-electron chi connectivity index (χ3n) is 2.01. The molecule has 0 spiro atoms. The molecule has 0 aliphatic heterocycles. The number of nitrogens with two attached hydrogens (primary N) is 2. The maximum absolute atomic E-state index is 5.69. The van der Waals surface area contributed by atoms with Crippen molar-refractivity contribution < 1.29 is 18.9 Å². The standard InChI is InChI=1S/C6H16N2.C4H9.Li/c1-5(2,7)6(3,4)8;1-3-4-2;/h7-8H2,1-4H3;1,3-4H2,2H3;/q;-1;+1. The van der Waals surface area contributed by atoms with Crippen molar-refractivity contribution in [2.24, 2.45) is 11.5 Å². The fourth-order valence-corrected chi connectivity index (χ4v) is 0. The molecule has 0 aromatic carbocycles. The van der Waals surface area contributed by atoms with Crippen LogP contribution in [0.5, 0.6) is 0 Å². The van der Waals surface area contributed by atoms with Gasteiger partial charge in [0.2, 0.25) is 0 Å². The average Bonchev–Trinajstić information content (AvgIpc) is 1.84. The Labute approximate surface area is 96.0 Å². The van der Waals surface area contributed by atoms with Gasteiger partial charge in [-0.15, -0.1) is 0 Å². The predicted octanol–water partition coefficient (Wildman–Crippen LogP) is -0.914. The quantitative estimate of drug-likeness (QED) is 0.427. The SMILES string of the molecule is CC(C)(N)C(C)(C)N.[CH2-]CCC.[Li+]. The van der Waals surface area contributed by atoms with Gasteiger partial charge in [0.1, 0.15) is 0 Å². The Hall–Kier alpha value is 0.517. The molecule has 0 saturated heterocycles. The van der Waals surface area contributed by atoms with Crippen molar-refractivity contribution in [1.29, 1.82) is 0 Å². The van der Waals surface area contributed by atoms with Crippen LogP contribution >= 0.6 is 0 Å². The van der Waals surface area contributed by atoms with Crippen molar-refractivity contribution >= 4 is 0 Å². The molecule has 4 N–H and O–H groups in total. The minimum atomic E-state index is -0.285. The van der Waals surface area contributed by atoms with Crippen molar-refractivity contribution in [3.05, 3.63) is 6.92 Å². The molecule has 0 amide bonds. The first-order valence-electron chi connectivity index (χ1n) is 4.53. The summed E-state index contributed by atoms with van der Waals surface area (Å²) in [7, 11) is 0. The van der Waals surface area contributed by atoms with Crippen molar-refractivity contribution in [1.82, 2.24) is 0 Å². The molecule has 0 saturated carbocycles. The number of unbranched alkanes of at least 4 members (excludes halogenated alkanes) is 1. The topological polar surface area (TPSA) is 52.0 Å². The molecule has 76 valence electrons. The van der Waals surface area contributed by atoms with Gasteiger partial charge in [-0.1, -0.05) is 13.3 Å². The molecule has 0 bridgehead atoms. The third kappa shape index (κ3) is 12.5. The molecule has 0 aliphatic carbocycles. The molecule has 0 radical (unpaired) electrons. The van der Waals surface area contributed by atoms with Gasteiger partial charge in [0.25, 0.3) is 0 Å². The summed E-state index contributed by atoms with van der Waals surface area (Å²) in [5.41, 5.74) is 10.8. The van der Waals surface area contributed by atoms with Crippen LogP contribution < -0.4 is 30.3 Å². The van der Waals surface area contributed by atoms with E-state index in [-0.39, 0.29) is 29.9 Å². The van der Waals surface area contributed by atoms with Gasteiger partial charge in [0.05, 0.1) is 0 Å². The van der Waals surface area contributed by atoms with Crippen LogP contribution in [-0.4, -0.2) is 11.1 Å². The Kier molecular flexibility index (Phi) is 11.6. The summed E-state index contributed by atoms with van der Waals surface area (Å²) in [4.78, 5) is 0. The normalized spacial score (nSPS) is 11.1. The summed E-state index contributed by atoms with van der Waals surface area (Å²) in [6.45, 7) is 13.4. The molecule has 0 atom stereocenters. The second-order valence-electron chi connectivity index (χ2n) is 4.30. The van der Waals surface area contributed by atoms with Gasteiger partial charge in [-0.05, 0) is 27.7 Å². The van der Waals surface area contributed by atoms with Crippen LogP contribution in [0.3, 0.4) is 0 Å². The van der Waals surface area contributed by atoms with Crippen molar-refractivity contribution in [3.8, 4) is 0 Å². The van der Waals surface area contributed by atoms with E-state index in [9.17, 15) is 0 Å². The van der Waals surface area contributed by atoms with Crippen LogP contribution in [-0.2, 0) is 0 Å². The van der Waals surface area contributed by atoms with Crippen molar-refractivity contribution in [2.75, 3.05) is 0 Å². The fourth-order valence-electron chi connectivity index (χ4n) is 0. The summed E-state index contributed by atoms with van der Waals surface area (Å²) < 4.78 is 0. The molecule has 0 aromatic rings. The maximum atomic E-state index is 5.69. The molecule has 0 aliphatic rings. The molecule has 0 aromatic heterocycles. The van der Waals surface area contributed by atoms with Gasteiger partial charge in [-0.3, -0.25) is 0 Å². The molecule has 0 unspecified atom stereocenters. The molecular weight excluding hydrogens is 155 g/mol. The van der Waals surface area contributed by atoms with Crippen LogP contribution in [0, 0.1) is 6.92 Å². The van der Waals surface area contributed by atoms with Gasteiger partial charge >= 0.3 is 18.9 Å². The summed E-state index contributed by atoms with van der Waals surface area (Å²) in [6.07, 6.45) is 2.28. The van der Waals surface area contributed by atoms with Crippen LogP contribution in [0.1, 0.15) is 47.5 Å². The molecule has 3 heteroatoms. The van der Waals surface area contributed by atoms with E-state index >= 15 is 0 Å². The summed E-state index contributed by atoms with van der Waals surface area (Å²) in [6, 6.07) is 0. The Morgan fingerprint density at radius 2 is 1.15 bits per heavy atom.